The summed E-state index contributed by atoms with van der Waals surface area (Å²) in [6, 6.07) is 7.64. The van der Waals surface area contributed by atoms with E-state index in [9.17, 15) is 4.79 Å². The number of alkyl carbamates (subject to hydrolysis) is 1. The molecule has 0 spiro atoms. The van der Waals surface area contributed by atoms with Crippen LogP contribution in [0, 0.1) is 11.3 Å². The van der Waals surface area contributed by atoms with Gasteiger partial charge in [-0.05, 0) is 32.4 Å². The van der Waals surface area contributed by atoms with Gasteiger partial charge >= 0.3 is 6.09 Å². The summed E-state index contributed by atoms with van der Waals surface area (Å²) in [5, 5.41) is 11.6. The Morgan fingerprint density at radius 1 is 1.50 bits per heavy atom. The summed E-state index contributed by atoms with van der Waals surface area (Å²) in [5.41, 5.74) is 1.93. The van der Waals surface area contributed by atoms with Gasteiger partial charge in [0, 0.05) is 12.1 Å². The zero-order chi connectivity index (χ0) is 13.8. The van der Waals surface area contributed by atoms with Crippen molar-refractivity contribution in [2.24, 2.45) is 0 Å². The van der Waals surface area contributed by atoms with Gasteiger partial charge in [0.1, 0.15) is 13.4 Å². The molecule has 1 aromatic carbocycles. The average Bonchev–Trinajstić information content (AvgIpc) is 2.25. The standard InChI is InChI=1S/C13H17BN2O2/c1-13(2,3)18-12(17)16-8-9-4-5-11(14)10(6-9)7-15/h4-6H,8,14H2,1-3H3,(H,16,17). The molecule has 94 valence electrons. The fraction of sp³-hybridized carbons (Fsp3) is 0.385. The van der Waals surface area contributed by atoms with Crippen molar-refractivity contribution in [3.63, 3.8) is 0 Å². The zero-order valence-corrected chi connectivity index (χ0v) is 11.2. The molecule has 4 nitrogen and oxygen atoms in total. The third-order valence-electron chi connectivity index (χ3n) is 2.26. The zero-order valence-electron chi connectivity index (χ0n) is 11.2. The summed E-state index contributed by atoms with van der Waals surface area (Å²) in [5.74, 6) is 0. The van der Waals surface area contributed by atoms with Gasteiger partial charge in [0.05, 0.1) is 6.07 Å². The highest BCUT2D eigenvalue weighted by atomic mass is 16.6. The van der Waals surface area contributed by atoms with Gasteiger partial charge in [-0.25, -0.2) is 4.79 Å². The van der Waals surface area contributed by atoms with Crippen LogP contribution in [0.3, 0.4) is 0 Å². The van der Waals surface area contributed by atoms with Crippen LogP contribution in [0.5, 0.6) is 0 Å². The van der Waals surface area contributed by atoms with E-state index in [1.54, 1.807) is 6.07 Å². The van der Waals surface area contributed by atoms with Crippen LogP contribution in [0.15, 0.2) is 18.2 Å². The lowest BCUT2D eigenvalue weighted by Crippen LogP contribution is -2.32. The summed E-state index contributed by atoms with van der Waals surface area (Å²) >= 11 is 0. The Labute approximate surface area is 108 Å². The molecule has 0 atom stereocenters. The van der Waals surface area contributed by atoms with Gasteiger partial charge in [0.25, 0.3) is 0 Å². The highest BCUT2D eigenvalue weighted by Crippen LogP contribution is 2.07. The fourth-order valence-corrected chi connectivity index (χ4v) is 1.39. The molecule has 0 heterocycles. The third-order valence-corrected chi connectivity index (χ3v) is 2.26. The van der Waals surface area contributed by atoms with Gasteiger partial charge < -0.3 is 10.1 Å². The molecule has 1 rings (SSSR count). The first-order chi connectivity index (χ1) is 8.31. The maximum absolute atomic E-state index is 11.5. The predicted octanol–water partition coefficient (Wildman–Crippen LogP) is 0.841. The minimum atomic E-state index is -0.505. The van der Waals surface area contributed by atoms with Gasteiger partial charge in [-0.2, -0.15) is 5.26 Å². The van der Waals surface area contributed by atoms with Gasteiger partial charge in [-0.1, -0.05) is 17.6 Å². The minimum absolute atomic E-state index is 0.351. The Kier molecular flexibility index (Phi) is 4.38. The molecule has 0 aliphatic carbocycles. The van der Waals surface area contributed by atoms with E-state index in [2.05, 4.69) is 11.4 Å². The van der Waals surface area contributed by atoms with E-state index in [0.29, 0.717) is 12.1 Å². The van der Waals surface area contributed by atoms with Crippen molar-refractivity contribution in [2.75, 3.05) is 0 Å². The number of nitrogens with one attached hydrogen (secondary N) is 1. The molecule has 0 aromatic heterocycles. The number of nitrogens with zero attached hydrogens (tertiary/aromatic N) is 1. The number of benzene rings is 1. The lowest BCUT2D eigenvalue weighted by molar-refractivity contribution is 0.0523. The van der Waals surface area contributed by atoms with Crippen LogP contribution in [-0.4, -0.2) is 19.5 Å². The molecule has 0 bridgehead atoms. The Morgan fingerprint density at radius 2 is 2.17 bits per heavy atom. The summed E-state index contributed by atoms with van der Waals surface area (Å²) < 4.78 is 5.12. The van der Waals surface area contributed by atoms with Gasteiger partial charge in [-0.3, -0.25) is 0 Å². The molecule has 5 heteroatoms. The van der Waals surface area contributed by atoms with E-state index < -0.39 is 11.7 Å². The van der Waals surface area contributed by atoms with E-state index >= 15 is 0 Å². The van der Waals surface area contributed by atoms with E-state index in [4.69, 9.17) is 10.00 Å². The molecule has 18 heavy (non-hydrogen) atoms. The molecule has 0 radical (unpaired) electrons. The van der Waals surface area contributed by atoms with Gasteiger partial charge in [0.2, 0.25) is 0 Å². The minimum Gasteiger partial charge on any atom is -0.444 e. The van der Waals surface area contributed by atoms with Crippen molar-refractivity contribution in [3.05, 3.63) is 29.3 Å². The second-order valence-electron chi connectivity index (χ2n) is 5.12. The molecule has 0 saturated heterocycles. The van der Waals surface area contributed by atoms with Crippen LogP contribution >= 0.6 is 0 Å². The topological polar surface area (TPSA) is 62.1 Å². The summed E-state index contributed by atoms with van der Waals surface area (Å²) in [4.78, 5) is 11.5. The van der Waals surface area contributed by atoms with Crippen molar-refractivity contribution in [1.29, 1.82) is 5.26 Å². The summed E-state index contributed by atoms with van der Waals surface area (Å²) in [6.45, 7) is 5.79. The van der Waals surface area contributed by atoms with E-state index in [1.807, 2.05) is 40.8 Å². The Balaban J connectivity index is 2.60. The van der Waals surface area contributed by atoms with Crippen molar-refractivity contribution < 1.29 is 9.53 Å². The maximum atomic E-state index is 11.5. The Hall–Kier alpha value is -1.96. The first kappa shape index (κ1) is 14.1. The van der Waals surface area contributed by atoms with E-state index in [1.165, 1.54) is 0 Å². The molecule has 0 unspecified atom stereocenters. The number of ether oxygens (including phenoxy) is 1. The molecule has 1 amide bonds. The molecule has 1 N–H and O–H groups in total. The highest BCUT2D eigenvalue weighted by molar-refractivity contribution is 6.33. The van der Waals surface area contributed by atoms with Crippen molar-refractivity contribution in [1.82, 2.24) is 5.32 Å². The van der Waals surface area contributed by atoms with Gasteiger partial charge in [0.15, 0.2) is 0 Å². The van der Waals surface area contributed by atoms with Gasteiger partial charge in [-0.15, -0.1) is 0 Å². The maximum Gasteiger partial charge on any atom is 0.407 e. The average molecular weight is 244 g/mol. The smallest absolute Gasteiger partial charge is 0.407 e. The normalized spacial score (nSPS) is 10.6. The lowest BCUT2D eigenvalue weighted by atomic mass is 9.90. The van der Waals surface area contributed by atoms with Crippen LogP contribution in [0.1, 0.15) is 31.9 Å². The van der Waals surface area contributed by atoms with Crippen molar-refractivity contribution in [2.45, 2.75) is 32.9 Å². The van der Waals surface area contributed by atoms with E-state index in [0.717, 1.165) is 11.0 Å². The first-order valence-electron chi connectivity index (χ1n) is 5.78. The lowest BCUT2D eigenvalue weighted by Gasteiger charge is -2.19. The molecular weight excluding hydrogens is 227 g/mol. The number of amides is 1. The number of hydrogen-bond donors (Lipinski definition) is 1. The van der Waals surface area contributed by atoms with Crippen LogP contribution in [0.2, 0.25) is 0 Å². The Morgan fingerprint density at radius 3 is 2.72 bits per heavy atom. The SMILES string of the molecule is Bc1ccc(CNC(=O)OC(C)(C)C)cc1C#N. The monoisotopic (exact) mass is 244 g/mol. The van der Waals surface area contributed by atoms with Crippen LogP contribution < -0.4 is 10.8 Å². The first-order valence-corrected chi connectivity index (χ1v) is 5.78. The van der Waals surface area contributed by atoms with Crippen molar-refractivity contribution >= 4 is 19.4 Å². The number of rotatable bonds is 2. The third kappa shape index (κ3) is 4.50. The second kappa shape index (κ2) is 5.59. The fourth-order valence-electron chi connectivity index (χ4n) is 1.39. The molecule has 0 saturated carbocycles. The largest absolute Gasteiger partial charge is 0.444 e. The molecule has 0 aliphatic rings. The summed E-state index contributed by atoms with van der Waals surface area (Å²) in [6.07, 6.45) is -0.457. The van der Waals surface area contributed by atoms with Crippen molar-refractivity contribution in [3.8, 4) is 6.07 Å². The predicted molar refractivity (Wildman–Crippen MR) is 72.4 cm³/mol. The highest BCUT2D eigenvalue weighted by Gasteiger charge is 2.15. The molecule has 0 fully saturated rings. The summed E-state index contributed by atoms with van der Waals surface area (Å²) in [7, 11) is 1.88. The number of hydrogen-bond acceptors (Lipinski definition) is 3. The molecule has 0 aliphatic heterocycles. The number of carbonyl (C=O) groups is 1. The quantitative estimate of drug-likeness (QED) is 0.784. The number of nitriles is 1. The Bertz CT molecular complexity index is 487. The molecule has 1 aromatic rings. The molecular formula is C13H17BN2O2. The van der Waals surface area contributed by atoms with Crippen LogP contribution in [0.4, 0.5) is 4.79 Å². The van der Waals surface area contributed by atoms with E-state index in [-0.39, 0.29) is 0 Å². The second-order valence-corrected chi connectivity index (χ2v) is 5.12. The number of carbonyl (C=O) groups excluding carboxylic acids is 1. The van der Waals surface area contributed by atoms with Crippen LogP contribution in [0.25, 0.3) is 0 Å². The van der Waals surface area contributed by atoms with Crippen LogP contribution in [-0.2, 0) is 11.3 Å².